The quantitative estimate of drug-likeness (QED) is 0.178. The Balaban J connectivity index is 1.88. The summed E-state index contributed by atoms with van der Waals surface area (Å²) < 4.78 is 29.3. The minimum atomic E-state index is -1.05. The van der Waals surface area contributed by atoms with E-state index in [4.69, 9.17) is 23.7 Å². The maximum absolute atomic E-state index is 12.1. The van der Waals surface area contributed by atoms with Crippen molar-refractivity contribution in [2.45, 2.75) is 25.9 Å². The van der Waals surface area contributed by atoms with Crippen molar-refractivity contribution in [1.82, 2.24) is 0 Å². The van der Waals surface area contributed by atoms with E-state index in [1.165, 1.54) is 0 Å². The standard InChI is InChI=1S/C35H36O6/c1-21(2)24-16-11-17-27(33(24)41-20-37-3)32(36)28-18-22-12-7-9-14-25(22)30(34(28)39-5)31-26-15-10-8-13-23(26)19-29(38-4)35(31)40-6/h7-19,21,32,36H,20H2,1-6H3/t32-/m1/s1. The zero-order valence-corrected chi connectivity index (χ0v) is 24.4. The second-order valence-electron chi connectivity index (χ2n) is 10.2. The Morgan fingerprint density at radius 2 is 1.20 bits per heavy atom. The van der Waals surface area contributed by atoms with E-state index in [1.807, 2.05) is 66.7 Å². The number of methoxy groups -OCH3 is 4. The first-order valence-corrected chi connectivity index (χ1v) is 13.6. The van der Waals surface area contributed by atoms with Gasteiger partial charge in [-0.3, -0.25) is 0 Å². The Labute approximate surface area is 241 Å². The number of aliphatic hydroxyl groups is 1. The van der Waals surface area contributed by atoms with Crippen molar-refractivity contribution in [3.05, 3.63) is 95.6 Å². The lowest BCUT2D eigenvalue weighted by molar-refractivity contribution is 0.0478. The molecule has 6 heteroatoms. The van der Waals surface area contributed by atoms with Crippen molar-refractivity contribution in [3.8, 4) is 34.1 Å². The van der Waals surface area contributed by atoms with Crippen LogP contribution in [0.1, 0.15) is 42.6 Å². The second-order valence-corrected chi connectivity index (χ2v) is 10.2. The largest absolute Gasteiger partial charge is 0.496 e. The summed E-state index contributed by atoms with van der Waals surface area (Å²) in [5.74, 6) is 2.53. The third kappa shape index (κ3) is 5.05. The molecule has 5 aromatic rings. The SMILES string of the molecule is COCOc1c(C(C)C)cccc1[C@@H](O)c1cc2ccccc2c(-c2c(OC)c(OC)cc3ccccc23)c1OC. The van der Waals surface area contributed by atoms with Crippen molar-refractivity contribution >= 4 is 21.5 Å². The molecule has 0 aliphatic rings. The van der Waals surface area contributed by atoms with Crippen LogP contribution < -0.4 is 18.9 Å². The number of fused-ring (bicyclic) bond motifs is 2. The summed E-state index contributed by atoms with van der Waals surface area (Å²) in [4.78, 5) is 0. The van der Waals surface area contributed by atoms with E-state index >= 15 is 0 Å². The lowest BCUT2D eigenvalue weighted by Crippen LogP contribution is -2.10. The van der Waals surface area contributed by atoms with Crippen LogP contribution in [-0.4, -0.2) is 40.3 Å². The van der Waals surface area contributed by atoms with E-state index < -0.39 is 6.10 Å². The number of aliphatic hydroxyl groups excluding tert-OH is 1. The normalized spacial score (nSPS) is 12.1. The molecule has 41 heavy (non-hydrogen) atoms. The first-order chi connectivity index (χ1) is 19.9. The third-order valence-corrected chi connectivity index (χ3v) is 7.48. The van der Waals surface area contributed by atoms with Gasteiger partial charge in [0.15, 0.2) is 18.3 Å². The van der Waals surface area contributed by atoms with Crippen LogP contribution in [0.4, 0.5) is 0 Å². The summed E-state index contributed by atoms with van der Waals surface area (Å²) in [6.07, 6.45) is -1.05. The molecule has 5 aromatic carbocycles. The minimum Gasteiger partial charge on any atom is -0.496 e. The molecule has 1 atom stereocenters. The average molecular weight is 553 g/mol. The molecule has 0 unspecified atom stereocenters. The lowest BCUT2D eigenvalue weighted by Gasteiger charge is -2.25. The van der Waals surface area contributed by atoms with Crippen LogP contribution in [0.25, 0.3) is 32.7 Å². The zero-order valence-electron chi connectivity index (χ0n) is 24.4. The van der Waals surface area contributed by atoms with E-state index in [9.17, 15) is 5.11 Å². The van der Waals surface area contributed by atoms with Crippen LogP contribution >= 0.6 is 0 Å². The number of rotatable bonds is 10. The van der Waals surface area contributed by atoms with E-state index in [1.54, 1.807) is 28.4 Å². The van der Waals surface area contributed by atoms with Gasteiger partial charge in [0.25, 0.3) is 0 Å². The molecular formula is C35H36O6. The molecule has 1 N–H and O–H groups in total. The number of para-hydroxylation sites is 1. The van der Waals surface area contributed by atoms with Gasteiger partial charge in [-0.05, 0) is 45.2 Å². The summed E-state index contributed by atoms with van der Waals surface area (Å²) in [7, 11) is 6.49. The minimum absolute atomic E-state index is 0.0660. The monoisotopic (exact) mass is 552 g/mol. The van der Waals surface area contributed by atoms with Gasteiger partial charge < -0.3 is 28.8 Å². The molecule has 0 amide bonds. The van der Waals surface area contributed by atoms with Crippen LogP contribution in [-0.2, 0) is 4.74 Å². The average Bonchev–Trinajstić information content (AvgIpc) is 3.01. The van der Waals surface area contributed by atoms with Crippen LogP contribution in [0.15, 0.2) is 78.9 Å². The van der Waals surface area contributed by atoms with Gasteiger partial charge in [-0.1, -0.05) is 80.6 Å². The summed E-state index contributed by atoms with van der Waals surface area (Å²) in [6, 6.07) is 26.0. The topological polar surface area (TPSA) is 66.4 Å². The first-order valence-electron chi connectivity index (χ1n) is 13.6. The van der Waals surface area contributed by atoms with Crippen molar-refractivity contribution in [1.29, 1.82) is 0 Å². The predicted octanol–water partition coefficient (Wildman–Crippen LogP) is 7.87. The molecule has 0 radical (unpaired) electrons. The Kier molecular flexibility index (Phi) is 8.34. The molecule has 0 heterocycles. The maximum atomic E-state index is 12.1. The highest BCUT2D eigenvalue weighted by Crippen LogP contribution is 2.52. The Morgan fingerprint density at radius 3 is 1.78 bits per heavy atom. The van der Waals surface area contributed by atoms with E-state index in [0.29, 0.717) is 34.1 Å². The number of ether oxygens (including phenoxy) is 5. The highest BCUT2D eigenvalue weighted by atomic mass is 16.7. The van der Waals surface area contributed by atoms with Gasteiger partial charge >= 0.3 is 0 Å². The predicted molar refractivity (Wildman–Crippen MR) is 164 cm³/mol. The molecule has 0 bridgehead atoms. The molecule has 0 aliphatic carbocycles. The maximum Gasteiger partial charge on any atom is 0.188 e. The van der Waals surface area contributed by atoms with Gasteiger partial charge in [-0.2, -0.15) is 0 Å². The molecule has 0 aliphatic heterocycles. The van der Waals surface area contributed by atoms with Crippen molar-refractivity contribution in [2.24, 2.45) is 0 Å². The second kappa shape index (κ2) is 12.1. The molecule has 6 nitrogen and oxygen atoms in total. The molecule has 5 rings (SSSR count). The zero-order chi connectivity index (χ0) is 29.1. The van der Waals surface area contributed by atoms with Crippen LogP contribution in [0.3, 0.4) is 0 Å². The highest BCUT2D eigenvalue weighted by molar-refractivity contribution is 6.11. The number of benzene rings is 5. The van der Waals surface area contributed by atoms with Crippen molar-refractivity contribution in [2.75, 3.05) is 35.2 Å². The summed E-state index contributed by atoms with van der Waals surface area (Å²) in [6.45, 7) is 4.26. The molecule has 0 saturated carbocycles. The van der Waals surface area contributed by atoms with Crippen LogP contribution in [0.5, 0.6) is 23.0 Å². The fraction of sp³-hybridized carbons (Fsp3) is 0.257. The molecule has 0 spiro atoms. The van der Waals surface area contributed by atoms with E-state index in [2.05, 4.69) is 26.0 Å². The molecule has 212 valence electrons. The summed E-state index contributed by atoms with van der Waals surface area (Å²) >= 11 is 0. The highest BCUT2D eigenvalue weighted by Gasteiger charge is 2.28. The van der Waals surface area contributed by atoms with Gasteiger partial charge in [0, 0.05) is 29.4 Å². The fourth-order valence-electron chi connectivity index (χ4n) is 5.62. The number of hydrogen-bond acceptors (Lipinski definition) is 6. The van der Waals surface area contributed by atoms with Gasteiger partial charge in [0.1, 0.15) is 17.6 Å². The third-order valence-electron chi connectivity index (χ3n) is 7.48. The Hall–Kier alpha value is -4.26. The smallest absolute Gasteiger partial charge is 0.188 e. The molecule has 0 aromatic heterocycles. The van der Waals surface area contributed by atoms with Crippen LogP contribution in [0.2, 0.25) is 0 Å². The molecule has 0 fully saturated rings. The van der Waals surface area contributed by atoms with E-state index in [-0.39, 0.29) is 12.7 Å². The summed E-state index contributed by atoms with van der Waals surface area (Å²) in [5, 5.41) is 16.0. The van der Waals surface area contributed by atoms with Crippen LogP contribution in [0, 0.1) is 0 Å². The Morgan fingerprint density at radius 1 is 0.610 bits per heavy atom. The lowest BCUT2D eigenvalue weighted by atomic mass is 9.87. The van der Waals surface area contributed by atoms with Gasteiger partial charge in [-0.15, -0.1) is 0 Å². The first kappa shape index (κ1) is 28.3. The van der Waals surface area contributed by atoms with Gasteiger partial charge in [0.2, 0.25) is 0 Å². The van der Waals surface area contributed by atoms with Crippen molar-refractivity contribution < 1.29 is 28.8 Å². The van der Waals surface area contributed by atoms with Gasteiger partial charge in [-0.25, -0.2) is 0 Å². The fourth-order valence-corrected chi connectivity index (χ4v) is 5.62. The summed E-state index contributed by atoms with van der Waals surface area (Å²) in [5.41, 5.74) is 3.87. The van der Waals surface area contributed by atoms with Gasteiger partial charge in [0.05, 0.1) is 21.3 Å². The number of hydrogen-bond donors (Lipinski definition) is 1. The van der Waals surface area contributed by atoms with Crippen molar-refractivity contribution in [3.63, 3.8) is 0 Å². The molecular weight excluding hydrogens is 516 g/mol. The van der Waals surface area contributed by atoms with E-state index in [0.717, 1.165) is 38.2 Å². The Bertz CT molecular complexity index is 1690. The molecule has 0 saturated heterocycles.